The molecule has 0 saturated heterocycles. The van der Waals surface area contributed by atoms with Gasteiger partial charge in [0.1, 0.15) is 0 Å². The maximum Gasteiger partial charge on any atom is 0.356 e. The van der Waals surface area contributed by atoms with E-state index in [0.717, 1.165) is 0 Å². The van der Waals surface area contributed by atoms with Gasteiger partial charge in [-0.3, -0.25) is 0 Å². The van der Waals surface area contributed by atoms with Gasteiger partial charge < -0.3 is 9.94 Å². The smallest absolute Gasteiger partial charge is 0.356 e. The summed E-state index contributed by atoms with van der Waals surface area (Å²) in [5, 5.41) is 11.3. The average molecular weight is 159 g/mol. The maximum atomic E-state index is 10.9. The quantitative estimate of drug-likeness (QED) is 0.269. The topological polar surface area (TPSA) is 58.9 Å². The zero-order chi connectivity index (χ0) is 9.07. The Morgan fingerprint density at radius 1 is 1.45 bits per heavy atom. The van der Waals surface area contributed by atoms with Gasteiger partial charge in [0.15, 0.2) is 5.71 Å². The molecule has 11 heavy (non-hydrogen) atoms. The van der Waals surface area contributed by atoms with E-state index in [2.05, 4.69) is 9.89 Å². The first-order chi connectivity index (χ1) is 4.93. The van der Waals surface area contributed by atoms with Crippen molar-refractivity contribution in [2.75, 3.05) is 7.11 Å². The molecular formula is C7H13NO3. The Labute approximate surface area is 65.8 Å². The first-order valence-electron chi connectivity index (χ1n) is 3.24. The van der Waals surface area contributed by atoms with E-state index in [0.29, 0.717) is 0 Å². The van der Waals surface area contributed by atoms with Crippen molar-refractivity contribution in [1.29, 1.82) is 0 Å². The predicted octanol–water partition coefficient (Wildman–Crippen LogP) is 1.04. The van der Waals surface area contributed by atoms with Gasteiger partial charge in [-0.25, -0.2) is 4.79 Å². The number of esters is 1. The first-order valence-corrected chi connectivity index (χ1v) is 3.24. The third-order valence-corrected chi connectivity index (χ3v) is 1.19. The van der Waals surface area contributed by atoms with E-state index in [9.17, 15) is 4.79 Å². The molecule has 0 aromatic carbocycles. The second-order valence-corrected chi connectivity index (χ2v) is 3.19. The standard InChI is InChI=1S/C7H13NO3/c1-7(2,3)5(8-10)6(9)11-4/h10H,1-4H3. The van der Waals surface area contributed by atoms with Gasteiger partial charge in [0.25, 0.3) is 0 Å². The maximum absolute atomic E-state index is 10.9. The number of carbonyl (C=O) groups excluding carboxylic acids is 1. The molecule has 0 aromatic heterocycles. The van der Waals surface area contributed by atoms with Crippen molar-refractivity contribution in [3.05, 3.63) is 0 Å². The average Bonchev–Trinajstić information content (AvgIpc) is 1.86. The Morgan fingerprint density at radius 3 is 2.00 bits per heavy atom. The molecule has 0 rings (SSSR count). The zero-order valence-electron chi connectivity index (χ0n) is 7.21. The molecule has 0 amide bonds. The minimum atomic E-state index is -0.597. The van der Waals surface area contributed by atoms with Gasteiger partial charge in [0.05, 0.1) is 7.11 Å². The molecular weight excluding hydrogens is 146 g/mol. The van der Waals surface area contributed by atoms with Gasteiger partial charge in [-0.05, 0) is 0 Å². The molecule has 0 aromatic rings. The van der Waals surface area contributed by atoms with Crippen molar-refractivity contribution in [3.63, 3.8) is 0 Å². The van der Waals surface area contributed by atoms with E-state index in [4.69, 9.17) is 5.21 Å². The molecule has 0 aliphatic heterocycles. The largest absolute Gasteiger partial charge is 0.464 e. The second kappa shape index (κ2) is 3.37. The van der Waals surface area contributed by atoms with Crippen LogP contribution in [0.4, 0.5) is 0 Å². The molecule has 0 heterocycles. The third-order valence-electron chi connectivity index (χ3n) is 1.19. The van der Waals surface area contributed by atoms with Crippen LogP contribution < -0.4 is 0 Å². The fourth-order valence-electron chi connectivity index (χ4n) is 0.594. The molecule has 0 radical (unpaired) electrons. The number of hydrogen-bond acceptors (Lipinski definition) is 4. The van der Waals surface area contributed by atoms with E-state index in [1.165, 1.54) is 7.11 Å². The third kappa shape index (κ3) is 2.57. The van der Waals surface area contributed by atoms with Crippen molar-refractivity contribution in [2.24, 2.45) is 10.6 Å². The van der Waals surface area contributed by atoms with E-state index in [1.807, 2.05) is 0 Å². The lowest BCUT2D eigenvalue weighted by molar-refractivity contribution is -0.133. The van der Waals surface area contributed by atoms with Gasteiger partial charge in [-0.2, -0.15) is 0 Å². The number of ether oxygens (including phenoxy) is 1. The molecule has 0 unspecified atom stereocenters. The molecule has 0 spiro atoms. The Kier molecular flexibility index (Phi) is 3.04. The molecule has 0 bridgehead atoms. The number of oxime groups is 1. The summed E-state index contributed by atoms with van der Waals surface area (Å²) in [4.78, 5) is 10.9. The highest BCUT2D eigenvalue weighted by atomic mass is 16.5. The first kappa shape index (κ1) is 9.94. The summed E-state index contributed by atoms with van der Waals surface area (Å²) in [6.45, 7) is 5.29. The van der Waals surface area contributed by atoms with Crippen LogP contribution in [0, 0.1) is 5.41 Å². The summed E-state index contributed by atoms with van der Waals surface area (Å²) < 4.78 is 4.40. The molecule has 0 saturated carbocycles. The summed E-state index contributed by atoms with van der Waals surface area (Å²) in [5.41, 5.74) is -0.457. The van der Waals surface area contributed by atoms with Crippen LogP contribution >= 0.6 is 0 Å². The number of rotatable bonds is 1. The van der Waals surface area contributed by atoms with Crippen LogP contribution in [0.15, 0.2) is 5.16 Å². The van der Waals surface area contributed by atoms with Crippen molar-refractivity contribution in [1.82, 2.24) is 0 Å². The second-order valence-electron chi connectivity index (χ2n) is 3.19. The van der Waals surface area contributed by atoms with Crippen molar-refractivity contribution >= 4 is 11.7 Å². The van der Waals surface area contributed by atoms with Gasteiger partial charge in [0, 0.05) is 5.41 Å². The minimum Gasteiger partial charge on any atom is -0.464 e. The van der Waals surface area contributed by atoms with Crippen molar-refractivity contribution in [3.8, 4) is 0 Å². The highest BCUT2D eigenvalue weighted by Gasteiger charge is 2.27. The lowest BCUT2D eigenvalue weighted by Crippen LogP contribution is -2.29. The molecule has 1 N–H and O–H groups in total. The van der Waals surface area contributed by atoms with Crippen LogP contribution in [0.3, 0.4) is 0 Å². The number of carbonyl (C=O) groups is 1. The molecule has 4 nitrogen and oxygen atoms in total. The van der Waals surface area contributed by atoms with Gasteiger partial charge in [-0.1, -0.05) is 25.9 Å². The Bertz CT molecular complexity index is 179. The number of methoxy groups -OCH3 is 1. The van der Waals surface area contributed by atoms with Gasteiger partial charge >= 0.3 is 5.97 Å². The van der Waals surface area contributed by atoms with E-state index < -0.39 is 11.4 Å². The van der Waals surface area contributed by atoms with E-state index in [1.54, 1.807) is 20.8 Å². The molecule has 0 atom stereocenters. The van der Waals surface area contributed by atoms with Crippen LogP contribution in [0.1, 0.15) is 20.8 Å². The van der Waals surface area contributed by atoms with Crippen LogP contribution in [0.5, 0.6) is 0 Å². The van der Waals surface area contributed by atoms with Crippen molar-refractivity contribution in [2.45, 2.75) is 20.8 Å². The Balaban J connectivity index is 4.58. The van der Waals surface area contributed by atoms with Crippen LogP contribution in [0.2, 0.25) is 0 Å². The normalized spacial score (nSPS) is 12.9. The summed E-state index contributed by atoms with van der Waals surface area (Å²) in [6.07, 6.45) is 0. The molecule has 4 heteroatoms. The minimum absolute atomic E-state index is 0.0278. The Morgan fingerprint density at radius 2 is 1.91 bits per heavy atom. The molecule has 0 aliphatic carbocycles. The number of hydrogen-bond donors (Lipinski definition) is 1. The van der Waals surface area contributed by atoms with Crippen LogP contribution in [-0.2, 0) is 9.53 Å². The molecule has 0 fully saturated rings. The lowest BCUT2D eigenvalue weighted by atomic mass is 9.90. The summed E-state index contributed by atoms with van der Waals surface area (Å²) >= 11 is 0. The molecule has 64 valence electrons. The summed E-state index contributed by atoms with van der Waals surface area (Å²) in [7, 11) is 1.25. The van der Waals surface area contributed by atoms with Crippen LogP contribution in [-0.4, -0.2) is 24.0 Å². The Hall–Kier alpha value is -1.06. The highest BCUT2D eigenvalue weighted by Crippen LogP contribution is 2.16. The summed E-state index contributed by atoms with van der Waals surface area (Å²) in [6, 6.07) is 0. The highest BCUT2D eigenvalue weighted by molar-refractivity contribution is 6.38. The van der Waals surface area contributed by atoms with Gasteiger partial charge in [-0.15, -0.1) is 0 Å². The summed E-state index contributed by atoms with van der Waals surface area (Å²) in [5.74, 6) is -0.597. The SMILES string of the molecule is COC(=O)C(=NO)C(C)(C)C. The van der Waals surface area contributed by atoms with E-state index in [-0.39, 0.29) is 5.71 Å². The fraction of sp³-hybridized carbons (Fsp3) is 0.714. The van der Waals surface area contributed by atoms with E-state index >= 15 is 0 Å². The zero-order valence-corrected chi connectivity index (χ0v) is 7.21. The molecule has 0 aliphatic rings. The van der Waals surface area contributed by atoms with Crippen LogP contribution in [0.25, 0.3) is 0 Å². The number of nitrogens with zero attached hydrogens (tertiary/aromatic N) is 1. The fourth-order valence-corrected chi connectivity index (χ4v) is 0.594. The lowest BCUT2D eigenvalue weighted by Gasteiger charge is -2.16. The monoisotopic (exact) mass is 159 g/mol. The predicted molar refractivity (Wildman–Crippen MR) is 40.7 cm³/mol. The van der Waals surface area contributed by atoms with Gasteiger partial charge in [0.2, 0.25) is 0 Å². The van der Waals surface area contributed by atoms with Crippen molar-refractivity contribution < 1.29 is 14.7 Å².